The van der Waals surface area contributed by atoms with Gasteiger partial charge in [0.25, 0.3) is 5.91 Å². The molecule has 0 aliphatic rings. The second kappa shape index (κ2) is 6.14. The smallest absolute Gasteiger partial charge is 0.251 e. The van der Waals surface area contributed by atoms with Crippen LogP contribution in [-0.2, 0) is 0 Å². The predicted octanol–water partition coefficient (Wildman–Crippen LogP) is 3.79. The van der Waals surface area contributed by atoms with Crippen molar-refractivity contribution < 1.29 is 4.79 Å². The minimum absolute atomic E-state index is 0.0964. The lowest BCUT2D eigenvalue weighted by molar-refractivity contribution is 0.0963. The normalized spacial score (nSPS) is 11.0. The average molecular weight is 348 g/mol. The molecule has 6 heteroatoms. The van der Waals surface area contributed by atoms with E-state index in [4.69, 9.17) is 0 Å². The summed E-state index contributed by atoms with van der Waals surface area (Å²) in [6.07, 6.45) is 1.98. The second-order valence-electron chi connectivity index (χ2n) is 5.76. The molecule has 1 N–H and O–H groups in total. The first-order chi connectivity index (χ1) is 12.2. The zero-order valence-corrected chi connectivity index (χ0v) is 14.7. The first kappa shape index (κ1) is 15.5. The van der Waals surface area contributed by atoms with Crippen LogP contribution < -0.4 is 5.32 Å². The molecule has 0 saturated heterocycles. The number of pyridine rings is 1. The van der Waals surface area contributed by atoms with Gasteiger partial charge < -0.3 is 5.32 Å². The van der Waals surface area contributed by atoms with Crippen LogP contribution in [0.25, 0.3) is 27.5 Å². The maximum atomic E-state index is 11.8. The third kappa shape index (κ3) is 2.70. The summed E-state index contributed by atoms with van der Waals surface area (Å²) in [7, 11) is 1.63. The number of rotatable bonds is 3. The highest BCUT2D eigenvalue weighted by Gasteiger charge is 2.13. The fourth-order valence-corrected chi connectivity index (χ4v) is 3.72. The van der Waals surface area contributed by atoms with Crippen LogP contribution in [0.1, 0.15) is 15.9 Å². The molecule has 0 bridgehead atoms. The lowest BCUT2D eigenvalue weighted by atomic mass is 10.0. The Morgan fingerprint density at radius 1 is 1.12 bits per heavy atom. The molecule has 1 aromatic carbocycles. The summed E-state index contributed by atoms with van der Waals surface area (Å²) in [4.78, 5) is 13.0. The standard InChI is InChI=1S/C19H16N4OS/c1-12-7-9-25-17(12)18-22-21-16-11-14(6-8-23(16)18)13-4-3-5-15(10-13)19(24)20-2/h3-11H,1-2H3,(H,20,24). The van der Waals surface area contributed by atoms with E-state index in [0.29, 0.717) is 5.56 Å². The van der Waals surface area contributed by atoms with Gasteiger partial charge in [-0.1, -0.05) is 12.1 Å². The molecular formula is C19H16N4OS. The molecule has 5 nitrogen and oxygen atoms in total. The number of aryl methyl sites for hydroxylation is 1. The first-order valence-corrected chi connectivity index (χ1v) is 8.77. The zero-order valence-electron chi connectivity index (χ0n) is 13.9. The van der Waals surface area contributed by atoms with Gasteiger partial charge in [-0.3, -0.25) is 9.20 Å². The van der Waals surface area contributed by atoms with Crippen molar-refractivity contribution in [3.63, 3.8) is 0 Å². The SMILES string of the molecule is CNC(=O)c1cccc(-c2ccn3c(-c4sccc4C)nnc3c2)c1. The Morgan fingerprint density at radius 2 is 1.96 bits per heavy atom. The molecule has 3 aromatic heterocycles. The Balaban J connectivity index is 1.78. The highest BCUT2D eigenvalue weighted by atomic mass is 32.1. The largest absolute Gasteiger partial charge is 0.355 e. The molecule has 0 atom stereocenters. The molecule has 0 aliphatic carbocycles. The van der Waals surface area contributed by atoms with Crippen molar-refractivity contribution in [1.29, 1.82) is 0 Å². The monoisotopic (exact) mass is 348 g/mol. The lowest BCUT2D eigenvalue weighted by Crippen LogP contribution is -2.17. The molecular weight excluding hydrogens is 332 g/mol. The molecule has 0 aliphatic heterocycles. The number of hydrogen-bond acceptors (Lipinski definition) is 4. The summed E-state index contributed by atoms with van der Waals surface area (Å²) >= 11 is 1.66. The molecule has 0 radical (unpaired) electrons. The van der Waals surface area contributed by atoms with Gasteiger partial charge in [0.2, 0.25) is 0 Å². The molecule has 0 spiro atoms. The Hall–Kier alpha value is -2.99. The van der Waals surface area contributed by atoms with Crippen molar-refractivity contribution in [2.75, 3.05) is 7.05 Å². The fraction of sp³-hybridized carbons (Fsp3) is 0.105. The van der Waals surface area contributed by atoms with E-state index < -0.39 is 0 Å². The van der Waals surface area contributed by atoms with Crippen molar-refractivity contribution in [3.05, 3.63) is 65.2 Å². The number of hydrogen-bond donors (Lipinski definition) is 1. The van der Waals surface area contributed by atoms with E-state index in [-0.39, 0.29) is 5.91 Å². The summed E-state index contributed by atoms with van der Waals surface area (Å²) < 4.78 is 1.99. The topological polar surface area (TPSA) is 59.3 Å². The van der Waals surface area contributed by atoms with E-state index in [1.807, 2.05) is 40.9 Å². The maximum Gasteiger partial charge on any atom is 0.251 e. The fourth-order valence-electron chi connectivity index (χ4n) is 2.81. The number of carbonyl (C=O) groups is 1. The number of carbonyl (C=O) groups excluding carboxylic acids is 1. The number of nitrogens with one attached hydrogen (secondary N) is 1. The number of amides is 1. The number of benzene rings is 1. The average Bonchev–Trinajstić information content (AvgIpc) is 3.26. The van der Waals surface area contributed by atoms with Gasteiger partial charge in [-0.2, -0.15) is 0 Å². The zero-order chi connectivity index (χ0) is 17.4. The highest BCUT2D eigenvalue weighted by Crippen LogP contribution is 2.29. The Bertz CT molecular complexity index is 1080. The van der Waals surface area contributed by atoms with Crippen LogP contribution in [0, 0.1) is 6.92 Å². The number of fused-ring (bicyclic) bond motifs is 1. The van der Waals surface area contributed by atoms with Crippen LogP contribution in [0.15, 0.2) is 54.0 Å². The highest BCUT2D eigenvalue weighted by molar-refractivity contribution is 7.13. The molecule has 0 unspecified atom stereocenters. The Labute approximate surface area is 149 Å². The van der Waals surface area contributed by atoms with Gasteiger partial charge in [-0.25, -0.2) is 0 Å². The number of aromatic nitrogens is 3. The van der Waals surface area contributed by atoms with Crippen LogP contribution >= 0.6 is 11.3 Å². The van der Waals surface area contributed by atoms with Gasteiger partial charge in [0, 0.05) is 18.8 Å². The van der Waals surface area contributed by atoms with Gasteiger partial charge in [-0.05, 0) is 59.3 Å². The van der Waals surface area contributed by atoms with Crippen molar-refractivity contribution >= 4 is 22.9 Å². The first-order valence-electron chi connectivity index (χ1n) is 7.89. The number of thiophene rings is 1. The summed E-state index contributed by atoms with van der Waals surface area (Å²) in [6.45, 7) is 2.07. The van der Waals surface area contributed by atoms with Gasteiger partial charge >= 0.3 is 0 Å². The molecule has 3 heterocycles. The summed E-state index contributed by atoms with van der Waals surface area (Å²) in [5.74, 6) is 0.758. The molecule has 4 aromatic rings. The molecule has 4 rings (SSSR count). The van der Waals surface area contributed by atoms with Crippen LogP contribution in [0.3, 0.4) is 0 Å². The summed E-state index contributed by atoms with van der Waals surface area (Å²) in [5.41, 5.74) is 4.59. The molecule has 0 fully saturated rings. The molecule has 124 valence electrons. The third-order valence-corrected chi connectivity index (χ3v) is 5.17. The molecule has 0 saturated carbocycles. The molecule has 1 amide bonds. The van der Waals surface area contributed by atoms with Gasteiger partial charge in [0.15, 0.2) is 11.5 Å². The van der Waals surface area contributed by atoms with Crippen LogP contribution in [-0.4, -0.2) is 27.6 Å². The Morgan fingerprint density at radius 3 is 2.72 bits per heavy atom. The summed E-state index contributed by atoms with van der Waals surface area (Å²) in [6, 6.07) is 13.6. The summed E-state index contributed by atoms with van der Waals surface area (Å²) in [5, 5.41) is 13.4. The van der Waals surface area contributed by atoms with E-state index in [0.717, 1.165) is 27.5 Å². The van der Waals surface area contributed by atoms with Crippen LogP contribution in [0.2, 0.25) is 0 Å². The van der Waals surface area contributed by atoms with Gasteiger partial charge in [0.1, 0.15) is 0 Å². The Kier molecular flexibility index (Phi) is 3.82. The quantitative estimate of drug-likeness (QED) is 0.613. The van der Waals surface area contributed by atoms with E-state index in [1.165, 1.54) is 5.56 Å². The van der Waals surface area contributed by atoms with E-state index >= 15 is 0 Å². The van der Waals surface area contributed by atoms with Crippen molar-refractivity contribution in [3.8, 4) is 21.8 Å². The predicted molar refractivity (Wildman–Crippen MR) is 99.9 cm³/mol. The van der Waals surface area contributed by atoms with E-state index in [1.54, 1.807) is 24.5 Å². The second-order valence-corrected chi connectivity index (χ2v) is 6.68. The minimum Gasteiger partial charge on any atom is -0.355 e. The minimum atomic E-state index is -0.0964. The third-order valence-electron chi connectivity index (χ3n) is 4.16. The van der Waals surface area contributed by atoms with Crippen LogP contribution in [0.5, 0.6) is 0 Å². The van der Waals surface area contributed by atoms with Crippen molar-refractivity contribution in [2.24, 2.45) is 0 Å². The molecule has 25 heavy (non-hydrogen) atoms. The van der Waals surface area contributed by atoms with Gasteiger partial charge in [0.05, 0.1) is 4.88 Å². The van der Waals surface area contributed by atoms with Crippen molar-refractivity contribution in [1.82, 2.24) is 19.9 Å². The maximum absolute atomic E-state index is 11.8. The van der Waals surface area contributed by atoms with E-state index in [9.17, 15) is 4.79 Å². The van der Waals surface area contributed by atoms with Crippen molar-refractivity contribution in [2.45, 2.75) is 6.92 Å². The van der Waals surface area contributed by atoms with Crippen LogP contribution in [0.4, 0.5) is 0 Å². The van der Waals surface area contributed by atoms with Gasteiger partial charge in [-0.15, -0.1) is 21.5 Å². The van der Waals surface area contributed by atoms with E-state index in [2.05, 4.69) is 33.9 Å². The lowest BCUT2D eigenvalue weighted by Gasteiger charge is -2.06. The number of nitrogens with zero attached hydrogens (tertiary/aromatic N) is 3.